The number of nitrogens with zero attached hydrogens (tertiary/aromatic N) is 1. The first-order valence-corrected chi connectivity index (χ1v) is 7.03. The molecule has 18 heavy (non-hydrogen) atoms. The molecular formula is C13H16FNO2S. The summed E-state index contributed by atoms with van der Waals surface area (Å²) in [6.07, 6.45) is 1.11. The third-order valence-corrected chi connectivity index (χ3v) is 4.39. The van der Waals surface area contributed by atoms with E-state index in [1.54, 1.807) is 0 Å². The summed E-state index contributed by atoms with van der Waals surface area (Å²) >= 11 is 1.90. The van der Waals surface area contributed by atoms with E-state index in [1.807, 2.05) is 18.8 Å². The molecule has 0 aromatic heterocycles. The molecule has 2 rings (SSSR count). The van der Waals surface area contributed by atoms with Crippen LogP contribution in [0.15, 0.2) is 18.2 Å². The molecule has 0 spiro atoms. The van der Waals surface area contributed by atoms with Crippen molar-refractivity contribution in [3.63, 3.8) is 0 Å². The number of aromatic carboxylic acids is 1. The van der Waals surface area contributed by atoms with Crippen LogP contribution in [0.3, 0.4) is 0 Å². The number of carbonyl (C=O) groups is 1. The maximum atomic E-state index is 13.7. The lowest BCUT2D eigenvalue weighted by Crippen LogP contribution is -2.31. The average molecular weight is 269 g/mol. The van der Waals surface area contributed by atoms with Gasteiger partial charge in [-0.3, -0.25) is 4.90 Å². The molecule has 1 saturated heterocycles. The Morgan fingerprint density at radius 2 is 2.39 bits per heavy atom. The molecule has 1 aliphatic heterocycles. The van der Waals surface area contributed by atoms with E-state index in [0.29, 0.717) is 18.2 Å². The monoisotopic (exact) mass is 269 g/mol. The molecule has 5 heteroatoms. The Morgan fingerprint density at radius 3 is 3.00 bits per heavy atom. The minimum absolute atomic E-state index is 0.139. The number of carboxylic acid groups (broad SMARTS) is 1. The number of hydrogen-bond acceptors (Lipinski definition) is 3. The lowest BCUT2D eigenvalue weighted by Gasteiger charge is -2.23. The summed E-state index contributed by atoms with van der Waals surface area (Å²) in [7, 11) is 1.96. The molecule has 1 aromatic carbocycles. The highest BCUT2D eigenvalue weighted by atomic mass is 32.2. The van der Waals surface area contributed by atoms with Crippen molar-refractivity contribution < 1.29 is 14.3 Å². The molecule has 1 aliphatic rings. The van der Waals surface area contributed by atoms with E-state index in [9.17, 15) is 9.18 Å². The van der Waals surface area contributed by atoms with Crippen LogP contribution in [0.5, 0.6) is 0 Å². The fourth-order valence-electron chi connectivity index (χ4n) is 2.10. The Hall–Kier alpha value is -1.07. The smallest absolute Gasteiger partial charge is 0.335 e. The van der Waals surface area contributed by atoms with Crippen LogP contribution in [0.2, 0.25) is 0 Å². The number of rotatable bonds is 4. The molecule has 3 nitrogen and oxygen atoms in total. The van der Waals surface area contributed by atoms with Gasteiger partial charge in [-0.15, -0.1) is 0 Å². The molecule has 1 atom stereocenters. The number of carboxylic acids is 1. The van der Waals surface area contributed by atoms with Crippen molar-refractivity contribution in [1.29, 1.82) is 0 Å². The average Bonchev–Trinajstić information content (AvgIpc) is 2.85. The molecule has 1 fully saturated rings. The molecule has 1 aromatic rings. The lowest BCUT2D eigenvalue weighted by molar-refractivity contribution is 0.0696. The zero-order valence-electron chi connectivity index (χ0n) is 10.2. The van der Waals surface area contributed by atoms with Crippen molar-refractivity contribution in [2.75, 3.05) is 18.6 Å². The van der Waals surface area contributed by atoms with Gasteiger partial charge in [-0.05, 0) is 37.4 Å². The molecule has 98 valence electrons. The minimum Gasteiger partial charge on any atom is -0.478 e. The minimum atomic E-state index is -1.02. The number of thioether (sulfide) groups is 1. The second kappa shape index (κ2) is 5.71. The summed E-state index contributed by atoms with van der Waals surface area (Å²) < 4.78 is 13.7. The standard InChI is InChI=1S/C13H16FNO2S/c1-15(11-4-5-18-8-11)7-10-6-9(13(16)17)2-3-12(10)14/h2-3,6,11H,4-5,7-8H2,1H3,(H,16,17). The van der Waals surface area contributed by atoms with Crippen LogP contribution < -0.4 is 0 Å². The van der Waals surface area contributed by atoms with Crippen molar-refractivity contribution >= 4 is 17.7 Å². The molecule has 0 radical (unpaired) electrons. The van der Waals surface area contributed by atoms with Gasteiger partial charge in [0, 0.05) is 23.9 Å². The van der Waals surface area contributed by atoms with Gasteiger partial charge in [0.2, 0.25) is 0 Å². The first kappa shape index (κ1) is 13.4. The van der Waals surface area contributed by atoms with Crippen molar-refractivity contribution in [2.24, 2.45) is 0 Å². The van der Waals surface area contributed by atoms with E-state index in [0.717, 1.165) is 17.9 Å². The van der Waals surface area contributed by atoms with Gasteiger partial charge < -0.3 is 5.11 Å². The largest absolute Gasteiger partial charge is 0.478 e. The predicted molar refractivity (Wildman–Crippen MR) is 70.6 cm³/mol. The van der Waals surface area contributed by atoms with Gasteiger partial charge in [0.15, 0.2) is 0 Å². The van der Waals surface area contributed by atoms with Gasteiger partial charge in [0.05, 0.1) is 5.56 Å². The van der Waals surface area contributed by atoms with E-state index in [1.165, 1.54) is 18.2 Å². The van der Waals surface area contributed by atoms with Crippen LogP contribution in [0.4, 0.5) is 4.39 Å². The third kappa shape index (κ3) is 3.03. The van der Waals surface area contributed by atoms with E-state index < -0.39 is 5.97 Å². The Morgan fingerprint density at radius 1 is 1.61 bits per heavy atom. The van der Waals surface area contributed by atoms with Crippen LogP contribution in [0.25, 0.3) is 0 Å². The Kier molecular flexibility index (Phi) is 4.24. The summed E-state index contributed by atoms with van der Waals surface area (Å²) in [5.41, 5.74) is 0.592. The number of halogens is 1. The molecule has 1 heterocycles. The number of hydrogen-bond donors (Lipinski definition) is 1. The van der Waals surface area contributed by atoms with Crippen LogP contribution >= 0.6 is 11.8 Å². The van der Waals surface area contributed by atoms with E-state index in [2.05, 4.69) is 4.90 Å². The van der Waals surface area contributed by atoms with Crippen LogP contribution in [-0.4, -0.2) is 40.6 Å². The van der Waals surface area contributed by atoms with Crippen LogP contribution in [-0.2, 0) is 6.54 Å². The van der Waals surface area contributed by atoms with Gasteiger partial charge in [-0.25, -0.2) is 9.18 Å². The second-order valence-electron chi connectivity index (χ2n) is 4.54. The van der Waals surface area contributed by atoms with Gasteiger partial charge in [0.25, 0.3) is 0 Å². The van der Waals surface area contributed by atoms with Gasteiger partial charge in [-0.1, -0.05) is 0 Å². The highest BCUT2D eigenvalue weighted by Gasteiger charge is 2.21. The summed E-state index contributed by atoms with van der Waals surface area (Å²) in [4.78, 5) is 13.0. The summed E-state index contributed by atoms with van der Waals surface area (Å²) in [6, 6.07) is 4.42. The quantitative estimate of drug-likeness (QED) is 0.911. The fraction of sp³-hybridized carbons (Fsp3) is 0.462. The third-order valence-electron chi connectivity index (χ3n) is 3.24. The summed E-state index contributed by atoms with van der Waals surface area (Å²) in [5.74, 6) is 0.858. The van der Waals surface area contributed by atoms with Gasteiger partial charge >= 0.3 is 5.97 Å². The maximum Gasteiger partial charge on any atom is 0.335 e. The fourth-order valence-corrected chi connectivity index (χ4v) is 3.40. The summed E-state index contributed by atoms with van der Waals surface area (Å²) in [6.45, 7) is 0.457. The first-order valence-electron chi connectivity index (χ1n) is 5.87. The van der Waals surface area contributed by atoms with E-state index >= 15 is 0 Å². The zero-order valence-corrected chi connectivity index (χ0v) is 11.0. The Labute approximate surface area is 110 Å². The van der Waals surface area contributed by atoms with Crippen LogP contribution in [0, 0.1) is 5.82 Å². The normalized spacial score (nSPS) is 19.4. The Bertz CT molecular complexity index is 447. The van der Waals surface area contributed by atoms with Crippen molar-refractivity contribution in [2.45, 2.75) is 19.0 Å². The summed E-state index contributed by atoms with van der Waals surface area (Å²) in [5, 5.41) is 8.91. The van der Waals surface area contributed by atoms with E-state index in [4.69, 9.17) is 5.11 Å². The SMILES string of the molecule is CN(Cc1cc(C(=O)O)ccc1F)C1CCSC1. The molecule has 0 saturated carbocycles. The molecule has 1 unspecified atom stereocenters. The molecule has 0 amide bonds. The zero-order chi connectivity index (χ0) is 13.1. The topological polar surface area (TPSA) is 40.5 Å². The molecule has 0 bridgehead atoms. The van der Waals surface area contributed by atoms with Gasteiger partial charge in [-0.2, -0.15) is 11.8 Å². The maximum absolute atomic E-state index is 13.7. The molecule has 0 aliphatic carbocycles. The van der Waals surface area contributed by atoms with E-state index in [-0.39, 0.29) is 11.4 Å². The van der Waals surface area contributed by atoms with Crippen LogP contribution in [0.1, 0.15) is 22.3 Å². The Balaban J connectivity index is 2.12. The van der Waals surface area contributed by atoms with Crippen molar-refractivity contribution in [1.82, 2.24) is 4.90 Å². The highest BCUT2D eigenvalue weighted by molar-refractivity contribution is 7.99. The molecular weight excluding hydrogens is 253 g/mol. The van der Waals surface area contributed by atoms with Gasteiger partial charge in [0.1, 0.15) is 5.82 Å². The van der Waals surface area contributed by atoms with Crippen molar-refractivity contribution in [3.05, 3.63) is 35.1 Å². The first-order chi connectivity index (χ1) is 8.58. The number of benzene rings is 1. The molecule has 1 N–H and O–H groups in total. The highest BCUT2D eigenvalue weighted by Crippen LogP contribution is 2.23. The van der Waals surface area contributed by atoms with Crippen molar-refractivity contribution in [3.8, 4) is 0 Å². The predicted octanol–water partition coefficient (Wildman–Crippen LogP) is 2.46. The second-order valence-corrected chi connectivity index (χ2v) is 5.69. The lowest BCUT2D eigenvalue weighted by atomic mass is 10.1.